The molecule has 0 fully saturated rings. The Morgan fingerprint density at radius 3 is 1.68 bits per heavy atom. The van der Waals surface area contributed by atoms with Gasteiger partial charge in [-0.1, -0.05) is 222 Å². The number of nitrogens with zero attached hydrogens (tertiary/aromatic N) is 1. The molecule has 0 saturated heterocycles. The number of nitrogens with one attached hydrogen (secondary N) is 1. The van der Waals surface area contributed by atoms with E-state index in [0.29, 0.717) is 0 Å². The predicted molar refractivity (Wildman–Crippen MR) is 270 cm³/mol. The average Bonchev–Trinajstić information content (AvgIpc) is 3.69. The van der Waals surface area contributed by atoms with E-state index < -0.39 is 8.80 Å². The predicted octanol–water partition coefficient (Wildman–Crippen LogP) is 13.0. The van der Waals surface area contributed by atoms with Crippen LogP contribution in [0.15, 0.2) is 249 Å². The summed E-state index contributed by atoms with van der Waals surface area (Å²) in [6, 6.07) is 86.5. The van der Waals surface area contributed by atoms with Gasteiger partial charge in [0.2, 0.25) is 0 Å². The Bertz CT molecular complexity index is 3240. The Kier molecular flexibility index (Phi) is 10.3. The number of para-hydroxylation sites is 1. The maximum Gasteiger partial charge on any atom is 0.154 e. The van der Waals surface area contributed by atoms with Crippen LogP contribution in [0.2, 0.25) is 0 Å². The molecule has 1 N–H and O–H groups in total. The van der Waals surface area contributed by atoms with Crippen molar-refractivity contribution in [2.24, 2.45) is 0 Å². The summed E-state index contributed by atoms with van der Waals surface area (Å²) in [5.41, 5.74) is 14.6. The highest BCUT2D eigenvalue weighted by Gasteiger charge is 2.22. The lowest BCUT2D eigenvalue weighted by molar-refractivity contribution is 0.900. The third-order valence-corrected chi connectivity index (χ3v) is 15.0. The third kappa shape index (κ3) is 7.76. The van der Waals surface area contributed by atoms with Crippen molar-refractivity contribution in [1.29, 1.82) is 0 Å². The lowest BCUT2D eigenvalue weighted by atomic mass is 9.87. The van der Waals surface area contributed by atoms with E-state index >= 15 is 0 Å². The molecule has 11 rings (SSSR count). The molecule has 1 aliphatic rings. The zero-order valence-electron chi connectivity index (χ0n) is 34.9. The van der Waals surface area contributed by atoms with E-state index in [9.17, 15) is 0 Å². The fourth-order valence-electron chi connectivity index (χ4n) is 9.39. The van der Waals surface area contributed by atoms with Gasteiger partial charge in [0, 0.05) is 28.2 Å². The number of fused-ring (bicyclic) bond motifs is 3. The topological polar surface area (TPSA) is 17.0 Å². The molecule has 1 atom stereocenters. The molecule has 1 aromatic heterocycles. The van der Waals surface area contributed by atoms with E-state index in [4.69, 9.17) is 0 Å². The lowest BCUT2D eigenvalue weighted by Gasteiger charge is -2.25. The summed E-state index contributed by atoms with van der Waals surface area (Å²) in [5, 5.41) is 10.6. The number of anilines is 1. The van der Waals surface area contributed by atoms with Crippen LogP contribution in [0.1, 0.15) is 17.5 Å². The number of aromatic nitrogens is 1. The number of hydrogen-bond donors (Lipinski definition) is 1. The molecule has 1 aliphatic carbocycles. The maximum atomic E-state index is 3.98. The first-order chi connectivity index (χ1) is 31.2. The summed E-state index contributed by atoms with van der Waals surface area (Å²) >= 11 is 0. The molecular formula is C60H45N2Si. The van der Waals surface area contributed by atoms with Gasteiger partial charge in [-0.15, -0.1) is 0 Å². The van der Waals surface area contributed by atoms with Crippen LogP contribution in [0.5, 0.6) is 0 Å². The van der Waals surface area contributed by atoms with Crippen LogP contribution in [-0.2, 0) is 0 Å². The number of benzene rings is 9. The molecule has 0 bridgehead atoms. The SMILES string of the molecule is C1=C(c2ccc3c(c2)c2ccccc2n3-c2cccc(-c3ccccc3)c2)C=C(c2ccccc2)CC1Nc1cccc(-c2cccc([Si](c3ccccc3)c3ccccc3)c2)c1. The van der Waals surface area contributed by atoms with E-state index in [1.165, 1.54) is 81.9 Å². The smallest absolute Gasteiger partial charge is 0.154 e. The van der Waals surface area contributed by atoms with Gasteiger partial charge < -0.3 is 9.88 Å². The van der Waals surface area contributed by atoms with Crippen LogP contribution in [0.25, 0.3) is 60.9 Å². The minimum absolute atomic E-state index is 0.0885. The van der Waals surface area contributed by atoms with Crippen LogP contribution in [-0.4, -0.2) is 19.4 Å². The standard InChI is InChI=1S/C60H45N2Si/c1-5-18-43(19-6-1)46-23-16-26-53(40-46)62-59-33-14-13-32-57(59)58-42-48(34-35-60(58)62)50-36-49(44-20-7-2-8-21-44)38-52(39-50)61-51-25-15-22-45(37-51)47-24-17-31-56(41-47)63(54-27-9-3-10-28-54)55-29-11-4-12-30-55/h1-37,39-42,52,61H,38H2. The highest BCUT2D eigenvalue weighted by Crippen LogP contribution is 2.38. The summed E-state index contributed by atoms with van der Waals surface area (Å²) < 4.78 is 2.42. The summed E-state index contributed by atoms with van der Waals surface area (Å²) in [6.07, 6.45) is 5.71. The average molecular weight is 822 g/mol. The highest BCUT2D eigenvalue weighted by molar-refractivity contribution is 6.95. The van der Waals surface area contributed by atoms with Crippen molar-refractivity contribution < 1.29 is 0 Å². The molecule has 2 nitrogen and oxygen atoms in total. The van der Waals surface area contributed by atoms with Crippen molar-refractivity contribution in [3.8, 4) is 27.9 Å². The minimum Gasteiger partial charge on any atom is -0.378 e. The summed E-state index contributed by atoms with van der Waals surface area (Å²) in [5.74, 6) is 0. The highest BCUT2D eigenvalue weighted by atomic mass is 28.3. The van der Waals surface area contributed by atoms with Crippen LogP contribution < -0.4 is 20.9 Å². The molecule has 1 radical (unpaired) electrons. The first-order valence-corrected chi connectivity index (χ1v) is 23.3. The first kappa shape index (κ1) is 38.2. The molecule has 3 heteroatoms. The molecule has 10 aromatic rings. The largest absolute Gasteiger partial charge is 0.378 e. The Balaban J connectivity index is 0.946. The van der Waals surface area contributed by atoms with Crippen molar-refractivity contribution in [3.63, 3.8) is 0 Å². The van der Waals surface area contributed by atoms with E-state index in [-0.39, 0.29) is 6.04 Å². The van der Waals surface area contributed by atoms with Gasteiger partial charge >= 0.3 is 0 Å². The molecule has 63 heavy (non-hydrogen) atoms. The first-order valence-electron chi connectivity index (χ1n) is 21.8. The molecule has 0 spiro atoms. The van der Waals surface area contributed by atoms with Crippen molar-refractivity contribution in [1.82, 2.24) is 4.57 Å². The van der Waals surface area contributed by atoms with Crippen molar-refractivity contribution >= 4 is 63.0 Å². The van der Waals surface area contributed by atoms with Crippen LogP contribution in [0.4, 0.5) is 5.69 Å². The van der Waals surface area contributed by atoms with Crippen molar-refractivity contribution in [3.05, 3.63) is 260 Å². The third-order valence-electron chi connectivity index (χ3n) is 12.3. The summed E-state index contributed by atoms with van der Waals surface area (Å²) in [6.45, 7) is 0. The van der Waals surface area contributed by atoms with E-state index in [2.05, 4.69) is 259 Å². The van der Waals surface area contributed by atoms with E-state index in [1.807, 2.05) is 0 Å². The molecule has 0 aliphatic heterocycles. The van der Waals surface area contributed by atoms with Gasteiger partial charge in [-0.2, -0.15) is 0 Å². The van der Waals surface area contributed by atoms with E-state index in [1.54, 1.807) is 0 Å². The minimum atomic E-state index is -1.18. The fraction of sp³-hybridized carbons (Fsp3) is 0.0333. The second-order valence-corrected chi connectivity index (χ2v) is 18.9. The summed E-state index contributed by atoms with van der Waals surface area (Å²) in [7, 11) is -1.18. The number of allylic oxidation sites excluding steroid dienone is 2. The fourth-order valence-corrected chi connectivity index (χ4v) is 12.0. The Morgan fingerprint density at radius 1 is 0.397 bits per heavy atom. The van der Waals surface area contributed by atoms with Gasteiger partial charge in [-0.05, 0) is 93.4 Å². The number of rotatable bonds is 10. The monoisotopic (exact) mass is 821 g/mol. The molecule has 1 unspecified atom stereocenters. The van der Waals surface area contributed by atoms with Crippen LogP contribution >= 0.6 is 0 Å². The Morgan fingerprint density at radius 2 is 0.952 bits per heavy atom. The van der Waals surface area contributed by atoms with Gasteiger partial charge in [-0.25, -0.2) is 0 Å². The van der Waals surface area contributed by atoms with Gasteiger partial charge in [0.15, 0.2) is 8.80 Å². The van der Waals surface area contributed by atoms with Gasteiger partial charge in [-0.3, -0.25) is 0 Å². The second-order valence-electron chi connectivity index (χ2n) is 16.4. The van der Waals surface area contributed by atoms with Gasteiger partial charge in [0.1, 0.15) is 0 Å². The van der Waals surface area contributed by atoms with E-state index in [0.717, 1.165) is 17.8 Å². The zero-order chi connectivity index (χ0) is 42.0. The Hall–Kier alpha value is -7.72. The van der Waals surface area contributed by atoms with Crippen molar-refractivity contribution in [2.45, 2.75) is 12.5 Å². The van der Waals surface area contributed by atoms with Crippen molar-refractivity contribution in [2.75, 3.05) is 5.32 Å². The molecular weight excluding hydrogens is 777 g/mol. The second kappa shape index (κ2) is 17.0. The molecule has 1 heterocycles. The van der Waals surface area contributed by atoms with Crippen LogP contribution in [0, 0.1) is 0 Å². The van der Waals surface area contributed by atoms with Gasteiger partial charge in [0.05, 0.1) is 11.0 Å². The maximum absolute atomic E-state index is 3.98. The molecule has 9 aromatic carbocycles. The zero-order valence-corrected chi connectivity index (χ0v) is 35.9. The number of hydrogen-bond acceptors (Lipinski definition) is 1. The quantitative estimate of drug-likeness (QED) is 0.107. The van der Waals surface area contributed by atoms with Gasteiger partial charge in [0.25, 0.3) is 0 Å². The summed E-state index contributed by atoms with van der Waals surface area (Å²) in [4.78, 5) is 0. The molecule has 0 saturated carbocycles. The molecule has 299 valence electrons. The Labute approximate surface area is 371 Å². The molecule has 0 amide bonds. The normalized spacial score (nSPS) is 13.8. The lowest BCUT2D eigenvalue weighted by Crippen LogP contribution is -2.51. The van der Waals surface area contributed by atoms with Crippen LogP contribution in [0.3, 0.4) is 0 Å².